The van der Waals surface area contributed by atoms with Crippen LogP contribution in [0.4, 0.5) is 11.4 Å². The summed E-state index contributed by atoms with van der Waals surface area (Å²) in [4.78, 5) is 13.8. The van der Waals surface area contributed by atoms with Crippen molar-refractivity contribution in [3.63, 3.8) is 0 Å². The van der Waals surface area contributed by atoms with Crippen molar-refractivity contribution in [3.8, 4) is 0 Å². The second-order valence-electron chi connectivity index (χ2n) is 4.82. The van der Waals surface area contributed by atoms with Gasteiger partial charge in [-0.3, -0.25) is 9.69 Å². The third-order valence-electron chi connectivity index (χ3n) is 2.87. The molecule has 106 valence electrons. The molecule has 3 N–H and O–H groups in total. The van der Waals surface area contributed by atoms with E-state index in [1.807, 2.05) is 43.1 Å². The number of furan rings is 1. The van der Waals surface area contributed by atoms with Crippen molar-refractivity contribution in [1.29, 1.82) is 0 Å². The van der Waals surface area contributed by atoms with Crippen LogP contribution < -0.4 is 11.1 Å². The second kappa shape index (κ2) is 6.25. The number of hydrogen-bond donors (Lipinski definition) is 2. The zero-order chi connectivity index (χ0) is 14.5. The van der Waals surface area contributed by atoms with E-state index in [-0.39, 0.29) is 12.5 Å². The number of aryl methyl sites for hydroxylation is 1. The van der Waals surface area contributed by atoms with E-state index in [0.717, 1.165) is 11.5 Å². The lowest BCUT2D eigenvalue weighted by Crippen LogP contribution is -2.29. The van der Waals surface area contributed by atoms with Crippen LogP contribution in [0.15, 0.2) is 40.8 Å². The summed E-state index contributed by atoms with van der Waals surface area (Å²) in [5, 5.41) is 2.80. The Balaban J connectivity index is 1.86. The first-order valence-corrected chi connectivity index (χ1v) is 6.43. The third-order valence-corrected chi connectivity index (χ3v) is 2.87. The van der Waals surface area contributed by atoms with Gasteiger partial charge in [0.15, 0.2) is 0 Å². The van der Waals surface area contributed by atoms with Gasteiger partial charge >= 0.3 is 0 Å². The van der Waals surface area contributed by atoms with E-state index < -0.39 is 0 Å². The summed E-state index contributed by atoms with van der Waals surface area (Å²) in [5.74, 6) is 1.61. The maximum absolute atomic E-state index is 11.9. The topological polar surface area (TPSA) is 71.5 Å². The number of rotatable bonds is 5. The van der Waals surface area contributed by atoms with Gasteiger partial charge in [0.05, 0.1) is 24.5 Å². The maximum Gasteiger partial charge on any atom is 0.238 e. The summed E-state index contributed by atoms with van der Waals surface area (Å²) >= 11 is 0. The first-order chi connectivity index (χ1) is 9.54. The van der Waals surface area contributed by atoms with Gasteiger partial charge in [-0.15, -0.1) is 0 Å². The monoisotopic (exact) mass is 273 g/mol. The van der Waals surface area contributed by atoms with Gasteiger partial charge in [0.1, 0.15) is 11.5 Å². The van der Waals surface area contributed by atoms with Crippen LogP contribution in [0.3, 0.4) is 0 Å². The summed E-state index contributed by atoms with van der Waals surface area (Å²) < 4.78 is 5.48. The summed E-state index contributed by atoms with van der Waals surface area (Å²) in [7, 11) is 1.87. The maximum atomic E-state index is 11.9. The zero-order valence-corrected chi connectivity index (χ0v) is 11.7. The molecule has 0 saturated carbocycles. The minimum Gasteiger partial charge on any atom is -0.465 e. The molecular formula is C15H19N3O2. The Morgan fingerprint density at radius 3 is 2.70 bits per heavy atom. The lowest BCUT2D eigenvalue weighted by molar-refractivity contribution is -0.117. The lowest BCUT2D eigenvalue weighted by atomic mass is 10.2. The smallest absolute Gasteiger partial charge is 0.238 e. The van der Waals surface area contributed by atoms with Gasteiger partial charge in [-0.2, -0.15) is 0 Å². The molecule has 0 atom stereocenters. The van der Waals surface area contributed by atoms with Crippen molar-refractivity contribution in [3.05, 3.63) is 47.9 Å². The van der Waals surface area contributed by atoms with Gasteiger partial charge in [-0.05, 0) is 38.2 Å². The van der Waals surface area contributed by atoms with Crippen molar-refractivity contribution in [2.24, 2.45) is 0 Å². The number of para-hydroxylation sites is 2. The molecule has 0 aliphatic heterocycles. The predicted octanol–water partition coefficient (Wildman–Crippen LogP) is 2.24. The number of nitrogens with two attached hydrogens (primary N) is 1. The Hall–Kier alpha value is -2.27. The van der Waals surface area contributed by atoms with Crippen LogP contribution in [-0.4, -0.2) is 24.4 Å². The van der Waals surface area contributed by atoms with Gasteiger partial charge < -0.3 is 15.5 Å². The fourth-order valence-corrected chi connectivity index (χ4v) is 1.94. The first kappa shape index (κ1) is 14.1. The molecule has 5 nitrogen and oxygen atoms in total. The van der Waals surface area contributed by atoms with Crippen molar-refractivity contribution < 1.29 is 9.21 Å². The normalized spacial score (nSPS) is 10.8. The molecule has 1 heterocycles. The van der Waals surface area contributed by atoms with Gasteiger partial charge in [-0.25, -0.2) is 0 Å². The van der Waals surface area contributed by atoms with Gasteiger partial charge in [0.25, 0.3) is 0 Å². The van der Waals surface area contributed by atoms with Gasteiger partial charge in [0, 0.05) is 0 Å². The molecule has 0 fully saturated rings. The molecule has 0 saturated heterocycles. The highest BCUT2D eigenvalue weighted by Gasteiger charge is 2.10. The van der Waals surface area contributed by atoms with E-state index in [1.165, 1.54) is 0 Å². The van der Waals surface area contributed by atoms with E-state index in [0.29, 0.717) is 17.9 Å². The molecule has 1 aromatic heterocycles. The first-order valence-electron chi connectivity index (χ1n) is 6.43. The predicted molar refractivity (Wildman–Crippen MR) is 79.3 cm³/mol. The van der Waals surface area contributed by atoms with Crippen LogP contribution in [0.2, 0.25) is 0 Å². The Labute approximate surface area is 118 Å². The number of hydrogen-bond acceptors (Lipinski definition) is 4. The standard InChI is InChI=1S/C15H19N3O2/c1-11-7-8-12(20-11)9-18(2)10-15(19)17-14-6-4-3-5-13(14)16/h3-8H,9-10,16H2,1-2H3,(H,17,19). The SMILES string of the molecule is Cc1ccc(CN(C)CC(=O)Nc2ccccc2N)o1. The Kier molecular flexibility index (Phi) is 4.42. The molecule has 5 heteroatoms. The van der Waals surface area contributed by atoms with Crippen molar-refractivity contribution in [2.75, 3.05) is 24.6 Å². The molecule has 0 bridgehead atoms. The number of nitrogens with zero attached hydrogens (tertiary/aromatic N) is 1. The number of nitrogen functional groups attached to an aromatic ring is 1. The van der Waals surface area contributed by atoms with Gasteiger partial charge in [-0.1, -0.05) is 12.1 Å². The molecule has 0 spiro atoms. The quantitative estimate of drug-likeness (QED) is 0.820. The number of benzene rings is 1. The van der Waals surface area contributed by atoms with E-state index in [4.69, 9.17) is 10.2 Å². The lowest BCUT2D eigenvalue weighted by Gasteiger charge is -2.15. The highest BCUT2D eigenvalue weighted by molar-refractivity contribution is 5.95. The van der Waals surface area contributed by atoms with Gasteiger partial charge in [0.2, 0.25) is 5.91 Å². The highest BCUT2D eigenvalue weighted by Crippen LogP contribution is 2.16. The Morgan fingerprint density at radius 2 is 2.05 bits per heavy atom. The van der Waals surface area contributed by atoms with E-state index >= 15 is 0 Å². The zero-order valence-electron chi connectivity index (χ0n) is 11.7. The molecule has 20 heavy (non-hydrogen) atoms. The van der Waals surface area contributed by atoms with Crippen LogP contribution in [0.25, 0.3) is 0 Å². The summed E-state index contributed by atoms with van der Waals surface area (Å²) in [6, 6.07) is 11.0. The number of nitrogens with one attached hydrogen (secondary N) is 1. The largest absolute Gasteiger partial charge is 0.465 e. The number of carbonyl (C=O) groups is 1. The third kappa shape index (κ3) is 3.86. The molecule has 2 rings (SSSR count). The summed E-state index contributed by atoms with van der Waals surface area (Å²) in [6.07, 6.45) is 0. The molecule has 1 aromatic carbocycles. The summed E-state index contributed by atoms with van der Waals surface area (Å²) in [5.41, 5.74) is 6.98. The minimum absolute atomic E-state index is 0.103. The van der Waals surface area contributed by atoms with Crippen LogP contribution >= 0.6 is 0 Å². The average Bonchev–Trinajstić information content (AvgIpc) is 2.77. The molecule has 0 aliphatic rings. The number of carbonyl (C=O) groups excluding carboxylic acids is 1. The minimum atomic E-state index is -0.103. The van der Waals surface area contributed by atoms with Crippen molar-refractivity contribution in [1.82, 2.24) is 4.90 Å². The Morgan fingerprint density at radius 1 is 1.30 bits per heavy atom. The molecule has 2 aromatic rings. The molecule has 0 radical (unpaired) electrons. The average molecular weight is 273 g/mol. The van der Waals surface area contributed by atoms with Crippen LogP contribution in [0.1, 0.15) is 11.5 Å². The second-order valence-corrected chi connectivity index (χ2v) is 4.82. The van der Waals surface area contributed by atoms with E-state index in [1.54, 1.807) is 12.1 Å². The molecule has 0 unspecified atom stereocenters. The van der Waals surface area contributed by atoms with E-state index in [9.17, 15) is 4.79 Å². The highest BCUT2D eigenvalue weighted by atomic mass is 16.3. The Bertz CT molecular complexity index is 592. The molecular weight excluding hydrogens is 254 g/mol. The van der Waals surface area contributed by atoms with Crippen LogP contribution in [-0.2, 0) is 11.3 Å². The number of amides is 1. The fraction of sp³-hybridized carbons (Fsp3) is 0.267. The fourth-order valence-electron chi connectivity index (χ4n) is 1.94. The van der Waals surface area contributed by atoms with E-state index in [2.05, 4.69) is 5.32 Å². The van der Waals surface area contributed by atoms with Crippen LogP contribution in [0.5, 0.6) is 0 Å². The number of likely N-dealkylation sites (N-methyl/N-ethyl adjacent to an activating group) is 1. The molecule has 0 aliphatic carbocycles. The van der Waals surface area contributed by atoms with Crippen molar-refractivity contribution >= 4 is 17.3 Å². The van der Waals surface area contributed by atoms with Crippen LogP contribution in [0, 0.1) is 6.92 Å². The summed E-state index contributed by atoms with van der Waals surface area (Å²) in [6.45, 7) is 2.76. The molecule has 1 amide bonds. The van der Waals surface area contributed by atoms with Crippen molar-refractivity contribution in [2.45, 2.75) is 13.5 Å². The number of anilines is 2.